The van der Waals surface area contributed by atoms with Crippen LogP contribution in [0.4, 0.5) is 0 Å². The number of aromatic nitrogens is 1. The Hall–Kier alpha value is -2.67. The quantitative estimate of drug-likeness (QED) is 0.917. The van der Waals surface area contributed by atoms with Crippen molar-refractivity contribution < 1.29 is 24.0 Å². The Morgan fingerprint density at radius 3 is 2.77 bits per heavy atom. The Kier molecular flexibility index (Phi) is 3.88. The van der Waals surface area contributed by atoms with E-state index in [1.807, 2.05) is 30.3 Å². The molecule has 2 heterocycles. The maximum Gasteiger partial charge on any atom is 0.334 e. The van der Waals surface area contributed by atoms with E-state index in [2.05, 4.69) is 5.16 Å². The lowest BCUT2D eigenvalue weighted by atomic mass is 10.1. The number of amides is 1. The van der Waals surface area contributed by atoms with Crippen molar-refractivity contribution >= 4 is 11.9 Å². The van der Waals surface area contributed by atoms with E-state index >= 15 is 0 Å². The van der Waals surface area contributed by atoms with Gasteiger partial charge in [0.25, 0.3) is 5.91 Å². The molecule has 1 aromatic carbocycles. The summed E-state index contributed by atoms with van der Waals surface area (Å²) in [6.45, 7) is 0.518. The highest BCUT2D eigenvalue weighted by Gasteiger charge is 2.30. The van der Waals surface area contributed by atoms with Gasteiger partial charge < -0.3 is 19.3 Å². The summed E-state index contributed by atoms with van der Waals surface area (Å²) in [5.74, 6) is -0.949. The van der Waals surface area contributed by atoms with E-state index in [-0.39, 0.29) is 24.8 Å². The van der Waals surface area contributed by atoms with E-state index in [9.17, 15) is 9.59 Å². The van der Waals surface area contributed by atoms with Gasteiger partial charge in [-0.3, -0.25) is 4.79 Å². The summed E-state index contributed by atoms with van der Waals surface area (Å²) in [4.78, 5) is 24.7. The lowest BCUT2D eigenvalue weighted by Gasteiger charge is -2.30. The van der Waals surface area contributed by atoms with Crippen molar-refractivity contribution in [3.63, 3.8) is 0 Å². The van der Waals surface area contributed by atoms with E-state index in [1.54, 1.807) is 6.07 Å². The van der Waals surface area contributed by atoms with Crippen molar-refractivity contribution in [3.05, 3.63) is 42.1 Å². The molecule has 1 aliphatic rings. The minimum Gasteiger partial charge on any atom is -0.479 e. The van der Waals surface area contributed by atoms with Gasteiger partial charge in [-0.1, -0.05) is 35.5 Å². The van der Waals surface area contributed by atoms with E-state index < -0.39 is 12.1 Å². The molecule has 22 heavy (non-hydrogen) atoms. The fourth-order valence-corrected chi connectivity index (χ4v) is 2.26. The average Bonchev–Trinajstić information content (AvgIpc) is 3.05. The van der Waals surface area contributed by atoms with Gasteiger partial charge in [-0.25, -0.2) is 4.79 Å². The van der Waals surface area contributed by atoms with Crippen molar-refractivity contribution in [2.24, 2.45) is 0 Å². The average molecular weight is 302 g/mol. The van der Waals surface area contributed by atoms with Crippen LogP contribution in [0.1, 0.15) is 10.5 Å². The SMILES string of the molecule is O=C(O)[C@@H]1CN(C(=O)c2cc(-c3ccccc3)on2)CCO1. The van der Waals surface area contributed by atoms with Crippen LogP contribution in [0.3, 0.4) is 0 Å². The summed E-state index contributed by atoms with van der Waals surface area (Å²) in [6.07, 6.45) is -1.00. The van der Waals surface area contributed by atoms with Gasteiger partial charge in [0.15, 0.2) is 17.6 Å². The van der Waals surface area contributed by atoms with Crippen molar-refractivity contribution in [1.82, 2.24) is 10.1 Å². The molecule has 1 atom stereocenters. The van der Waals surface area contributed by atoms with Crippen LogP contribution >= 0.6 is 0 Å². The predicted molar refractivity (Wildman–Crippen MR) is 75.2 cm³/mol. The van der Waals surface area contributed by atoms with Gasteiger partial charge in [0.1, 0.15) is 0 Å². The number of carboxylic acids is 1. The van der Waals surface area contributed by atoms with Gasteiger partial charge in [0, 0.05) is 18.2 Å². The van der Waals surface area contributed by atoms with Crippen molar-refractivity contribution in [2.75, 3.05) is 19.7 Å². The Morgan fingerprint density at radius 1 is 1.27 bits per heavy atom. The van der Waals surface area contributed by atoms with Crippen LogP contribution in [0, 0.1) is 0 Å². The maximum atomic E-state index is 12.4. The Labute approximate surface area is 126 Å². The number of carbonyl (C=O) groups is 2. The fraction of sp³-hybridized carbons (Fsp3) is 0.267. The molecule has 7 nitrogen and oxygen atoms in total. The minimum atomic E-state index is -1.08. The molecular weight excluding hydrogens is 288 g/mol. The van der Waals surface area contributed by atoms with E-state index in [4.69, 9.17) is 14.4 Å². The summed E-state index contributed by atoms with van der Waals surface area (Å²) in [6, 6.07) is 10.9. The molecule has 0 aliphatic carbocycles. The summed E-state index contributed by atoms with van der Waals surface area (Å²) in [5, 5.41) is 12.7. The number of hydrogen-bond donors (Lipinski definition) is 1. The molecule has 114 valence electrons. The molecule has 1 aliphatic heterocycles. The van der Waals surface area contributed by atoms with Crippen LogP contribution in [-0.2, 0) is 9.53 Å². The number of ether oxygens (including phenoxy) is 1. The first-order valence-corrected chi connectivity index (χ1v) is 6.81. The van der Waals surface area contributed by atoms with Crippen molar-refractivity contribution in [3.8, 4) is 11.3 Å². The Bertz CT molecular complexity index is 682. The monoisotopic (exact) mass is 302 g/mol. The molecule has 1 fully saturated rings. The summed E-state index contributed by atoms with van der Waals surface area (Å²) >= 11 is 0. The van der Waals surface area contributed by atoms with Crippen molar-refractivity contribution in [2.45, 2.75) is 6.10 Å². The number of morpholine rings is 1. The zero-order valence-electron chi connectivity index (χ0n) is 11.6. The topological polar surface area (TPSA) is 92.9 Å². The number of nitrogens with zero attached hydrogens (tertiary/aromatic N) is 2. The first-order chi connectivity index (χ1) is 10.6. The second kappa shape index (κ2) is 5.98. The van der Waals surface area contributed by atoms with Gasteiger partial charge in [-0.2, -0.15) is 0 Å². The van der Waals surface area contributed by atoms with E-state index in [0.717, 1.165) is 5.56 Å². The maximum absolute atomic E-state index is 12.4. The van der Waals surface area contributed by atoms with Crippen LogP contribution in [0.2, 0.25) is 0 Å². The summed E-state index contributed by atoms with van der Waals surface area (Å²) < 4.78 is 10.3. The molecule has 7 heteroatoms. The van der Waals surface area contributed by atoms with Crippen molar-refractivity contribution in [1.29, 1.82) is 0 Å². The molecule has 1 N–H and O–H groups in total. The molecule has 1 amide bonds. The molecular formula is C15H14N2O5. The first-order valence-electron chi connectivity index (χ1n) is 6.81. The number of carbonyl (C=O) groups excluding carboxylic acids is 1. The predicted octanol–water partition coefficient (Wildman–Crippen LogP) is 1.27. The third-order valence-corrected chi connectivity index (χ3v) is 3.42. The van der Waals surface area contributed by atoms with Crippen LogP contribution in [0.15, 0.2) is 40.9 Å². The molecule has 1 aromatic heterocycles. The smallest absolute Gasteiger partial charge is 0.334 e. The lowest BCUT2D eigenvalue weighted by Crippen LogP contribution is -2.48. The first kappa shape index (κ1) is 14.3. The van der Waals surface area contributed by atoms with Gasteiger partial charge in [0.2, 0.25) is 0 Å². The number of hydrogen-bond acceptors (Lipinski definition) is 5. The lowest BCUT2D eigenvalue weighted by molar-refractivity contribution is -0.154. The van der Waals surface area contributed by atoms with Crippen LogP contribution in [0.25, 0.3) is 11.3 Å². The largest absolute Gasteiger partial charge is 0.479 e. The zero-order valence-corrected chi connectivity index (χ0v) is 11.6. The van der Waals surface area contributed by atoms with Gasteiger partial charge >= 0.3 is 5.97 Å². The number of aliphatic carboxylic acids is 1. The third kappa shape index (κ3) is 2.84. The van der Waals surface area contributed by atoms with Crippen LogP contribution in [-0.4, -0.2) is 52.8 Å². The Morgan fingerprint density at radius 2 is 2.05 bits per heavy atom. The molecule has 0 saturated carbocycles. The highest BCUT2D eigenvalue weighted by molar-refractivity contribution is 5.93. The highest BCUT2D eigenvalue weighted by Crippen LogP contribution is 2.21. The summed E-state index contributed by atoms with van der Waals surface area (Å²) in [7, 11) is 0. The molecule has 1 saturated heterocycles. The number of benzene rings is 1. The molecule has 2 aromatic rings. The van der Waals surface area contributed by atoms with Gasteiger partial charge in [-0.15, -0.1) is 0 Å². The molecule has 0 bridgehead atoms. The number of rotatable bonds is 3. The second-order valence-corrected chi connectivity index (χ2v) is 4.89. The third-order valence-electron chi connectivity index (χ3n) is 3.42. The highest BCUT2D eigenvalue weighted by atomic mass is 16.5. The van der Waals surface area contributed by atoms with Gasteiger partial charge in [0.05, 0.1) is 13.2 Å². The normalized spacial score (nSPS) is 18.2. The molecule has 0 radical (unpaired) electrons. The number of carboxylic acid groups (broad SMARTS) is 1. The van der Waals surface area contributed by atoms with Crippen LogP contribution < -0.4 is 0 Å². The molecule has 0 unspecified atom stereocenters. The van der Waals surface area contributed by atoms with Gasteiger partial charge in [-0.05, 0) is 0 Å². The van der Waals surface area contributed by atoms with Crippen LogP contribution in [0.5, 0.6) is 0 Å². The fourth-order valence-electron chi connectivity index (χ4n) is 2.26. The summed E-state index contributed by atoms with van der Waals surface area (Å²) in [5.41, 5.74) is 0.976. The standard InChI is InChI=1S/C15H14N2O5/c18-14(17-6-7-21-13(9-17)15(19)20)11-8-12(22-16-11)10-4-2-1-3-5-10/h1-5,8,13H,6-7,9H2,(H,19,20)/t13-/m0/s1. The zero-order chi connectivity index (χ0) is 15.5. The minimum absolute atomic E-state index is 0.00168. The van der Waals surface area contributed by atoms with E-state index in [0.29, 0.717) is 12.3 Å². The molecule has 3 rings (SSSR count). The van der Waals surface area contributed by atoms with E-state index in [1.165, 1.54) is 4.90 Å². The molecule has 0 spiro atoms. The Balaban J connectivity index is 1.76. The second-order valence-electron chi connectivity index (χ2n) is 4.89.